The number of rotatable bonds is 5. The Labute approximate surface area is 117 Å². The van der Waals surface area contributed by atoms with Crippen LogP contribution in [0.4, 0.5) is 5.82 Å². The highest BCUT2D eigenvalue weighted by Gasteiger charge is 2.12. The van der Waals surface area contributed by atoms with Crippen LogP contribution >= 0.6 is 11.6 Å². The maximum absolute atomic E-state index is 9.19. The number of aromatic nitrogens is 2. The third-order valence-corrected chi connectivity index (χ3v) is 2.94. The lowest BCUT2D eigenvalue weighted by molar-refractivity contribution is 0.280. The molecule has 0 saturated carbocycles. The van der Waals surface area contributed by atoms with E-state index in [1.165, 1.54) is 0 Å². The summed E-state index contributed by atoms with van der Waals surface area (Å²) in [5.41, 5.74) is 1.10. The second kappa shape index (κ2) is 6.50. The van der Waals surface area contributed by atoms with Crippen molar-refractivity contribution >= 4 is 17.4 Å². The maximum Gasteiger partial charge on any atom is 0.134 e. The van der Waals surface area contributed by atoms with Gasteiger partial charge in [-0.25, -0.2) is 9.97 Å². The number of hydrogen-bond acceptors (Lipinski definition) is 4. The Morgan fingerprint density at radius 2 is 2.00 bits per heavy atom. The van der Waals surface area contributed by atoms with Crippen molar-refractivity contribution < 1.29 is 5.11 Å². The van der Waals surface area contributed by atoms with Crippen molar-refractivity contribution in [2.24, 2.45) is 0 Å². The molecule has 0 radical (unpaired) electrons. The first kappa shape index (κ1) is 13.8. The fourth-order valence-corrected chi connectivity index (χ4v) is 2.15. The van der Waals surface area contributed by atoms with E-state index in [2.05, 4.69) is 15.3 Å². The van der Waals surface area contributed by atoms with Crippen molar-refractivity contribution in [2.75, 3.05) is 11.9 Å². The third kappa shape index (κ3) is 3.91. The largest absolute Gasteiger partial charge is 0.396 e. The number of halogens is 1. The Kier molecular flexibility index (Phi) is 4.71. The Morgan fingerprint density at radius 3 is 2.63 bits per heavy atom. The fourth-order valence-electron chi connectivity index (χ4n) is 1.92. The molecule has 0 aliphatic carbocycles. The number of aliphatic hydroxyl groups is 1. The molecule has 2 rings (SSSR count). The number of nitrogens with one attached hydrogen (secondary N) is 1. The summed E-state index contributed by atoms with van der Waals surface area (Å²) in [6.45, 7) is 1.89. The van der Waals surface area contributed by atoms with Crippen LogP contribution in [0.3, 0.4) is 0 Å². The third-order valence-electron chi connectivity index (χ3n) is 2.75. The lowest BCUT2D eigenvalue weighted by Gasteiger charge is -2.19. The first-order valence-corrected chi connectivity index (χ1v) is 6.50. The van der Waals surface area contributed by atoms with Gasteiger partial charge in [0.2, 0.25) is 0 Å². The molecular formula is C14H16ClN3O. The number of aryl methyl sites for hydroxylation is 1. The zero-order chi connectivity index (χ0) is 13.7. The first-order chi connectivity index (χ1) is 9.19. The molecule has 0 amide bonds. The van der Waals surface area contributed by atoms with Gasteiger partial charge in [-0.1, -0.05) is 41.9 Å². The molecule has 0 bridgehead atoms. The second-order valence-corrected chi connectivity index (χ2v) is 4.63. The summed E-state index contributed by atoms with van der Waals surface area (Å²) in [4.78, 5) is 8.32. The zero-order valence-electron chi connectivity index (χ0n) is 10.7. The molecule has 0 aliphatic rings. The van der Waals surface area contributed by atoms with Crippen LogP contribution in [-0.4, -0.2) is 21.7 Å². The van der Waals surface area contributed by atoms with Gasteiger partial charge in [0.25, 0.3) is 0 Å². The molecule has 100 valence electrons. The smallest absolute Gasteiger partial charge is 0.134 e. The van der Waals surface area contributed by atoms with E-state index in [-0.39, 0.29) is 12.6 Å². The average molecular weight is 278 g/mol. The van der Waals surface area contributed by atoms with Gasteiger partial charge >= 0.3 is 0 Å². The van der Waals surface area contributed by atoms with Crippen molar-refractivity contribution in [3.63, 3.8) is 0 Å². The van der Waals surface area contributed by atoms with E-state index in [1.54, 1.807) is 13.0 Å². The van der Waals surface area contributed by atoms with Gasteiger partial charge in [0.1, 0.15) is 16.8 Å². The van der Waals surface area contributed by atoms with Crippen LogP contribution in [0.5, 0.6) is 0 Å². The summed E-state index contributed by atoms with van der Waals surface area (Å²) in [5, 5.41) is 12.9. The Bertz CT molecular complexity index is 513. The average Bonchev–Trinajstić information content (AvgIpc) is 2.38. The van der Waals surface area contributed by atoms with Crippen molar-refractivity contribution in [1.82, 2.24) is 9.97 Å². The van der Waals surface area contributed by atoms with Gasteiger partial charge in [-0.2, -0.15) is 0 Å². The van der Waals surface area contributed by atoms with E-state index < -0.39 is 0 Å². The summed E-state index contributed by atoms with van der Waals surface area (Å²) in [5.74, 6) is 1.28. The first-order valence-electron chi connectivity index (χ1n) is 6.12. The highest BCUT2D eigenvalue weighted by atomic mass is 35.5. The second-order valence-electron chi connectivity index (χ2n) is 4.24. The molecule has 1 atom stereocenters. The van der Waals surface area contributed by atoms with Crippen molar-refractivity contribution in [3.8, 4) is 0 Å². The number of nitrogens with zero attached hydrogens (tertiary/aromatic N) is 2. The van der Waals surface area contributed by atoms with Gasteiger partial charge in [0, 0.05) is 12.7 Å². The molecule has 2 N–H and O–H groups in total. The van der Waals surface area contributed by atoms with Gasteiger partial charge < -0.3 is 10.4 Å². The van der Waals surface area contributed by atoms with Crippen molar-refractivity contribution in [3.05, 3.63) is 52.9 Å². The number of anilines is 1. The number of benzene rings is 1. The van der Waals surface area contributed by atoms with E-state index in [9.17, 15) is 5.11 Å². The minimum atomic E-state index is -0.00318. The highest BCUT2D eigenvalue weighted by Crippen LogP contribution is 2.22. The fraction of sp³-hybridized carbons (Fsp3) is 0.286. The quantitative estimate of drug-likeness (QED) is 0.825. The molecule has 19 heavy (non-hydrogen) atoms. The van der Waals surface area contributed by atoms with Gasteiger partial charge in [-0.3, -0.25) is 0 Å². The van der Waals surface area contributed by atoms with Crippen LogP contribution in [0.25, 0.3) is 0 Å². The van der Waals surface area contributed by atoms with Gasteiger partial charge in [0.05, 0.1) is 6.04 Å². The Hall–Kier alpha value is -1.65. The maximum atomic E-state index is 9.19. The predicted octanol–water partition coefficient (Wildman–Crippen LogP) is 2.97. The lowest BCUT2D eigenvalue weighted by Crippen LogP contribution is -2.13. The van der Waals surface area contributed by atoms with Gasteiger partial charge in [-0.05, 0) is 18.9 Å². The molecule has 2 aromatic rings. The van der Waals surface area contributed by atoms with Crippen LogP contribution in [-0.2, 0) is 0 Å². The lowest BCUT2D eigenvalue weighted by atomic mass is 10.0. The van der Waals surface area contributed by atoms with E-state index >= 15 is 0 Å². The van der Waals surface area contributed by atoms with Gasteiger partial charge in [-0.15, -0.1) is 0 Å². The van der Waals surface area contributed by atoms with E-state index in [4.69, 9.17) is 11.6 Å². The minimum absolute atomic E-state index is 0.00318. The molecule has 4 nitrogen and oxygen atoms in total. The van der Waals surface area contributed by atoms with Crippen LogP contribution in [0, 0.1) is 6.92 Å². The Morgan fingerprint density at radius 1 is 1.26 bits per heavy atom. The van der Waals surface area contributed by atoms with Crippen LogP contribution in [0.2, 0.25) is 5.15 Å². The Balaban J connectivity index is 2.21. The van der Waals surface area contributed by atoms with Crippen LogP contribution in [0.15, 0.2) is 36.4 Å². The number of aliphatic hydroxyl groups excluding tert-OH is 1. The normalized spacial score (nSPS) is 12.2. The molecule has 1 aromatic carbocycles. The molecule has 5 heteroatoms. The molecule has 0 spiro atoms. The van der Waals surface area contributed by atoms with Crippen LogP contribution < -0.4 is 5.32 Å². The van der Waals surface area contributed by atoms with Crippen molar-refractivity contribution in [1.29, 1.82) is 0 Å². The highest BCUT2D eigenvalue weighted by molar-refractivity contribution is 6.29. The van der Waals surface area contributed by atoms with E-state index in [0.29, 0.717) is 23.2 Å². The van der Waals surface area contributed by atoms with E-state index in [0.717, 1.165) is 5.56 Å². The molecule has 0 unspecified atom stereocenters. The molecule has 0 aliphatic heterocycles. The molecule has 0 fully saturated rings. The summed E-state index contributed by atoms with van der Waals surface area (Å²) in [7, 11) is 0. The van der Waals surface area contributed by atoms with Crippen LogP contribution in [0.1, 0.15) is 23.9 Å². The van der Waals surface area contributed by atoms with Gasteiger partial charge in [0.15, 0.2) is 0 Å². The zero-order valence-corrected chi connectivity index (χ0v) is 11.4. The summed E-state index contributed by atoms with van der Waals surface area (Å²) in [6, 6.07) is 11.6. The number of hydrogen-bond donors (Lipinski definition) is 2. The standard InChI is InChI=1S/C14H16ClN3O/c1-10-16-13(15)9-14(17-10)18-12(7-8-19)11-5-3-2-4-6-11/h2-6,9,12,19H,7-8H2,1H3,(H,16,17,18)/t12-/m1/s1. The minimum Gasteiger partial charge on any atom is -0.396 e. The molecule has 1 aromatic heterocycles. The summed E-state index contributed by atoms with van der Waals surface area (Å²) < 4.78 is 0. The molecular weight excluding hydrogens is 262 g/mol. The molecule has 0 saturated heterocycles. The predicted molar refractivity (Wildman–Crippen MR) is 76.3 cm³/mol. The topological polar surface area (TPSA) is 58.0 Å². The molecule has 1 heterocycles. The van der Waals surface area contributed by atoms with E-state index in [1.807, 2.05) is 30.3 Å². The monoisotopic (exact) mass is 277 g/mol. The van der Waals surface area contributed by atoms with Crippen molar-refractivity contribution in [2.45, 2.75) is 19.4 Å². The summed E-state index contributed by atoms with van der Waals surface area (Å²) in [6.07, 6.45) is 0.602. The SMILES string of the molecule is Cc1nc(Cl)cc(N[C@H](CCO)c2ccccc2)n1. The summed E-state index contributed by atoms with van der Waals surface area (Å²) >= 11 is 5.92.